The molecule has 1 amide bonds. The van der Waals surface area contributed by atoms with E-state index in [-0.39, 0.29) is 31.4 Å². The molecule has 1 aromatic rings. The van der Waals surface area contributed by atoms with Gasteiger partial charge in [-0.3, -0.25) is 14.5 Å². The standard InChI is InChI=1S/C16H19F3N2O4/c17-16(18,19)11-3-1-4-12(9-11)25-8-6-20-14(22)10-21-7-2-5-13(21)15(23)24/h1,3-4,9,13H,2,5-8,10H2,(H,20,22)(H,23,24)/t13-/m0/s1. The highest BCUT2D eigenvalue weighted by molar-refractivity contribution is 5.80. The minimum atomic E-state index is -4.44. The Morgan fingerprint density at radius 1 is 1.36 bits per heavy atom. The molecule has 6 nitrogen and oxygen atoms in total. The molecule has 138 valence electrons. The summed E-state index contributed by atoms with van der Waals surface area (Å²) in [5.41, 5.74) is -0.803. The molecule has 0 radical (unpaired) electrons. The fourth-order valence-electron chi connectivity index (χ4n) is 2.66. The Morgan fingerprint density at radius 2 is 2.12 bits per heavy atom. The molecule has 2 rings (SSSR count). The lowest BCUT2D eigenvalue weighted by Crippen LogP contribution is -2.43. The van der Waals surface area contributed by atoms with Crippen molar-refractivity contribution in [3.8, 4) is 5.75 Å². The lowest BCUT2D eigenvalue weighted by Gasteiger charge is -2.20. The predicted molar refractivity (Wildman–Crippen MR) is 82.2 cm³/mol. The molecule has 0 spiro atoms. The summed E-state index contributed by atoms with van der Waals surface area (Å²) in [5.74, 6) is -1.23. The number of carbonyl (C=O) groups excluding carboxylic acids is 1. The summed E-state index contributed by atoms with van der Waals surface area (Å²) in [5, 5.41) is 11.6. The molecular weight excluding hydrogens is 341 g/mol. The number of halogens is 3. The second-order valence-electron chi connectivity index (χ2n) is 5.69. The molecule has 1 aliphatic rings. The van der Waals surface area contributed by atoms with Gasteiger partial charge in [-0.25, -0.2) is 0 Å². The van der Waals surface area contributed by atoms with Crippen LogP contribution in [0.5, 0.6) is 5.75 Å². The maximum absolute atomic E-state index is 12.6. The van der Waals surface area contributed by atoms with Gasteiger partial charge in [-0.2, -0.15) is 13.2 Å². The molecule has 1 heterocycles. The van der Waals surface area contributed by atoms with Crippen molar-refractivity contribution in [2.45, 2.75) is 25.1 Å². The molecule has 9 heteroatoms. The molecular formula is C16H19F3N2O4. The number of likely N-dealkylation sites (tertiary alicyclic amines) is 1. The van der Waals surface area contributed by atoms with Gasteiger partial charge in [0.2, 0.25) is 5.91 Å². The van der Waals surface area contributed by atoms with E-state index < -0.39 is 23.8 Å². The molecule has 0 aliphatic carbocycles. The first-order chi connectivity index (χ1) is 11.8. The summed E-state index contributed by atoms with van der Waals surface area (Å²) in [6.45, 7) is 0.641. The van der Waals surface area contributed by atoms with Crippen LogP contribution in [0.25, 0.3) is 0 Å². The number of nitrogens with one attached hydrogen (secondary N) is 1. The lowest BCUT2D eigenvalue weighted by atomic mass is 10.2. The van der Waals surface area contributed by atoms with Crippen molar-refractivity contribution in [2.75, 3.05) is 26.2 Å². The van der Waals surface area contributed by atoms with Crippen LogP contribution in [0, 0.1) is 0 Å². The van der Waals surface area contributed by atoms with Crippen molar-refractivity contribution in [1.29, 1.82) is 0 Å². The number of alkyl halides is 3. The topological polar surface area (TPSA) is 78.9 Å². The van der Waals surface area contributed by atoms with Gasteiger partial charge in [0.25, 0.3) is 0 Å². The SMILES string of the molecule is O=C(CN1CCC[C@H]1C(=O)O)NCCOc1cccc(C(F)(F)F)c1. The van der Waals surface area contributed by atoms with Gasteiger partial charge in [0, 0.05) is 0 Å². The van der Waals surface area contributed by atoms with E-state index in [1.54, 1.807) is 4.90 Å². The fraction of sp³-hybridized carbons (Fsp3) is 0.500. The van der Waals surface area contributed by atoms with Gasteiger partial charge in [0.05, 0.1) is 18.7 Å². The highest BCUT2D eigenvalue weighted by atomic mass is 19.4. The number of hydrogen-bond donors (Lipinski definition) is 2. The first kappa shape index (κ1) is 19.0. The number of rotatable bonds is 7. The van der Waals surface area contributed by atoms with Crippen molar-refractivity contribution < 1.29 is 32.6 Å². The third-order valence-electron chi connectivity index (χ3n) is 3.85. The van der Waals surface area contributed by atoms with Crippen molar-refractivity contribution in [2.24, 2.45) is 0 Å². The molecule has 1 atom stereocenters. The third-order valence-corrected chi connectivity index (χ3v) is 3.85. The fourth-order valence-corrected chi connectivity index (χ4v) is 2.66. The number of carboxylic acid groups (broad SMARTS) is 1. The zero-order valence-corrected chi connectivity index (χ0v) is 13.4. The number of amides is 1. The van der Waals surface area contributed by atoms with Gasteiger partial charge in [-0.05, 0) is 37.6 Å². The Hall–Kier alpha value is -2.29. The first-order valence-corrected chi connectivity index (χ1v) is 7.81. The van der Waals surface area contributed by atoms with Gasteiger partial charge in [0.15, 0.2) is 0 Å². The summed E-state index contributed by atoms with van der Waals surface area (Å²) in [4.78, 5) is 24.4. The van der Waals surface area contributed by atoms with Crippen LogP contribution in [0.4, 0.5) is 13.2 Å². The van der Waals surface area contributed by atoms with Crippen LogP contribution in [-0.4, -0.2) is 54.2 Å². The lowest BCUT2D eigenvalue weighted by molar-refractivity contribution is -0.142. The van der Waals surface area contributed by atoms with Crippen LogP contribution < -0.4 is 10.1 Å². The van der Waals surface area contributed by atoms with Crippen LogP contribution >= 0.6 is 0 Å². The van der Waals surface area contributed by atoms with E-state index >= 15 is 0 Å². The number of ether oxygens (including phenoxy) is 1. The van der Waals surface area contributed by atoms with Crippen LogP contribution in [-0.2, 0) is 15.8 Å². The summed E-state index contributed by atoms with van der Waals surface area (Å²) in [6, 6.07) is 3.84. The maximum atomic E-state index is 12.6. The normalized spacial score (nSPS) is 18.1. The van der Waals surface area contributed by atoms with E-state index in [0.717, 1.165) is 18.6 Å². The molecule has 1 saturated heterocycles. The Kier molecular flexibility index (Phi) is 6.24. The average Bonchev–Trinajstić information content (AvgIpc) is 2.99. The summed E-state index contributed by atoms with van der Waals surface area (Å²) >= 11 is 0. The largest absolute Gasteiger partial charge is 0.492 e. The smallest absolute Gasteiger partial charge is 0.416 e. The monoisotopic (exact) mass is 360 g/mol. The number of benzene rings is 1. The molecule has 2 N–H and O–H groups in total. The Labute approximate surface area is 142 Å². The number of nitrogens with zero attached hydrogens (tertiary/aromatic N) is 1. The zero-order valence-electron chi connectivity index (χ0n) is 13.4. The van der Waals surface area contributed by atoms with Gasteiger partial charge in [0.1, 0.15) is 18.4 Å². The van der Waals surface area contributed by atoms with Gasteiger partial charge < -0.3 is 15.2 Å². The number of carbonyl (C=O) groups is 2. The second kappa shape index (κ2) is 8.19. The van der Waals surface area contributed by atoms with Crippen LogP contribution in [0.15, 0.2) is 24.3 Å². The summed E-state index contributed by atoms with van der Waals surface area (Å²) in [7, 11) is 0. The van der Waals surface area contributed by atoms with E-state index in [9.17, 15) is 22.8 Å². The molecule has 0 bridgehead atoms. The van der Waals surface area contributed by atoms with Crippen LogP contribution in [0.1, 0.15) is 18.4 Å². The highest BCUT2D eigenvalue weighted by Gasteiger charge is 2.32. The first-order valence-electron chi connectivity index (χ1n) is 7.81. The van der Waals surface area contributed by atoms with Crippen molar-refractivity contribution in [3.05, 3.63) is 29.8 Å². The molecule has 0 aromatic heterocycles. The predicted octanol–water partition coefficient (Wildman–Crippen LogP) is 1.75. The summed E-state index contributed by atoms with van der Waals surface area (Å²) < 4.78 is 43.0. The van der Waals surface area contributed by atoms with E-state index in [1.165, 1.54) is 12.1 Å². The molecule has 0 unspecified atom stereocenters. The van der Waals surface area contributed by atoms with E-state index in [0.29, 0.717) is 13.0 Å². The maximum Gasteiger partial charge on any atom is 0.416 e. The van der Waals surface area contributed by atoms with E-state index in [4.69, 9.17) is 9.84 Å². The molecule has 1 aromatic carbocycles. The third kappa shape index (κ3) is 5.63. The van der Waals surface area contributed by atoms with E-state index in [2.05, 4.69) is 5.32 Å². The minimum absolute atomic E-state index is 0.00933. The second-order valence-corrected chi connectivity index (χ2v) is 5.69. The molecule has 25 heavy (non-hydrogen) atoms. The Balaban J connectivity index is 1.72. The van der Waals surface area contributed by atoms with Gasteiger partial charge in [-0.1, -0.05) is 6.07 Å². The zero-order chi connectivity index (χ0) is 18.4. The quantitative estimate of drug-likeness (QED) is 0.725. The molecule has 0 saturated carbocycles. The van der Waals surface area contributed by atoms with Crippen molar-refractivity contribution in [1.82, 2.24) is 10.2 Å². The van der Waals surface area contributed by atoms with Crippen molar-refractivity contribution in [3.63, 3.8) is 0 Å². The van der Waals surface area contributed by atoms with Crippen molar-refractivity contribution >= 4 is 11.9 Å². The van der Waals surface area contributed by atoms with Crippen LogP contribution in [0.2, 0.25) is 0 Å². The number of carboxylic acids is 1. The molecule has 1 fully saturated rings. The minimum Gasteiger partial charge on any atom is -0.492 e. The average molecular weight is 360 g/mol. The molecule has 1 aliphatic heterocycles. The van der Waals surface area contributed by atoms with E-state index in [1.807, 2.05) is 0 Å². The Morgan fingerprint density at radius 3 is 2.80 bits per heavy atom. The summed E-state index contributed by atoms with van der Waals surface area (Å²) in [6.07, 6.45) is -3.20. The number of aliphatic carboxylic acids is 1. The van der Waals surface area contributed by atoms with Gasteiger partial charge >= 0.3 is 12.1 Å². The van der Waals surface area contributed by atoms with Gasteiger partial charge in [-0.15, -0.1) is 0 Å². The number of hydrogen-bond acceptors (Lipinski definition) is 4. The van der Waals surface area contributed by atoms with Crippen LogP contribution in [0.3, 0.4) is 0 Å². The Bertz CT molecular complexity index is 622. The highest BCUT2D eigenvalue weighted by Crippen LogP contribution is 2.31.